The zero-order valence-corrected chi connectivity index (χ0v) is 16.5. The van der Waals surface area contributed by atoms with Gasteiger partial charge in [-0.15, -0.1) is 0 Å². The van der Waals surface area contributed by atoms with Crippen molar-refractivity contribution < 1.29 is 4.79 Å². The first-order valence-electron chi connectivity index (χ1n) is 10.1. The normalized spacial score (nSPS) is 12.3. The lowest BCUT2D eigenvalue weighted by Gasteiger charge is -2.17. The molecule has 0 saturated carbocycles. The van der Waals surface area contributed by atoms with Crippen LogP contribution in [0.15, 0.2) is 91.1 Å². The van der Waals surface area contributed by atoms with Crippen LogP contribution in [-0.2, 0) is 11.3 Å². The lowest BCUT2D eigenvalue weighted by Crippen LogP contribution is -2.30. The van der Waals surface area contributed by atoms with Gasteiger partial charge in [0, 0.05) is 24.7 Å². The highest BCUT2D eigenvalue weighted by Gasteiger charge is 2.20. The molecule has 0 aliphatic rings. The molecular weight excluding hydrogens is 372 g/mol. The van der Waals surface area contributed by atoms with E-state index < -0.39 is 0 Å². The number of benzene rings is 3. The molecule has 3 aromatic carbocycles. The Morgan fingerprint density at radius 3 is 2.57 bits per heavy atom. The molecule has 2 N–H and O–H groups in total. The number of imidazole rings is 1. The van der Waals surface area contributed by atoms with Crippen molar-refractivity contribution in [3.63, 3.8) is 0 Å². The van der Waals surface area contributed by atoms with Crippen LogP contribution in [0.2, 0.25) is 0 Å². The molecule has 30 heavy (non-hydrogen) atoms. The Bertz CT molecular complexity index is 1270. The van der Waals surface area contributed by atoms with E-state index in [1.165, 1.54) is 5.39 Å². The fraction of sp³-hybridized carbons (Fsp3) is 0.120. The van der Waals surface area contributed by atoms with Gasteiger partial charge < -0.3 is 14.9 Å². The number of amides is 1. The number of para-hydroxylation sites is 3. The number of hydrogen-bond acceptors (Lipinski definition) is 2. The number of aromatic nitrogens is 3. The lowest BCUT2D eigenvalue weighted by molar-refractivity contribution is -0.121. The van der Waals surface area contributed by atoms with Gasteiger partial charge in [-0.25, -0.2) is 4.98 Å². The quantitative estimate of drug-likeness (QED) is 0.434. The molecule has 148 valence electrons. The van der Waals surface area contributed by atoms with Gasteiger partial charge in [0.2, 0.25) is 5.91 Å². The highest BCUT2D eigenvalue weighted by molar-refractivity contribution is 5.81. The molecule has 0 radical (unpaired) electrons. The van der Waals surface area contributed by atoms with Crippen LogP contribution < -0.4 is 5.32 Å². The summed E-state index contributed by atoms with van der Waals surface area (Å²) in [6, 6.07) is 27.8. The average Bonchev–Trinajstić information content (AvgIpc) is 3.40. The highest BCUT2D eigenvalue weighted by atomic mass is 16.1. The predicted molar refractivity (Wildman–Crippen MR) is 119 cm³/mol. The summed E-state index contributed by atoms with van der Waals surface area (Å²) in [5.74, 6) is 0.726. The Kier molecular flexibility index (Phi) is 4.77. The van der Waals surface area contributed by atoms with E-state index in [-0.39, 0.29) is 11.9 Å². The van der Waals surface area contributed by atoms with Gasteiger partial charge in [-0.3, -0.25) is 4.79 Å². The number of aryl methyl sites for hydroxylation is 1. The molecule has 2 aromatic heterocycles. The van der Waals surface area contributed by atoms with E-state index in [0.717, 1.165) is 27.9 Å². The van der Waals surface area contributed by atoms with Crippen LogP contribution in [0.1, 0.15) is 23.9 Å². The second-order valence-corrected chi connectivity index (χ2v) is 7.37. The first-order valence-corrected chi connectivity index (χ1v) is 10.1. The summed E-state index contributed by atoms with van der Waals surface area (Å²) >= 11 is 0. The van der Waals surface area contributed by atoms with Gasteiger partial charge >= 0.3 is 0 Å². The summed E-state index contributed by atoms with van der Waals surface area (Å²) < 4.78 is 2.12. The summed E-state index contributed by atoms with van der Waals surface area (Å²) in [4.78, 5) is 21.0. The minimum absolute atomic E-state index is 0.0120. The SMILES string of the molecule is O=C(CCn1ccc2ccccc21)NC(c1ccccc1)c1nc2ccccc2[nH]1. The van der Waals surface area contributed by atoms with E-state index in [1.807, 2.05) is 72.9 Å². The summed E-state index contributed by atoms with van der Waals surface area (Å²) in [6.45, 7) is 0.626. The molecule has 0 spiro atoms. The number of nitrogens with one attached hydrogen (secondary N) is 2. The van der Waals surface area contributed by atoms with Gasteiger partial charge in [-0.2, -0.15) is 0 Å². The molecule has 0 saturated heterocycles. The van der Waals surface area contributed by atoms with Crippen LogP contribution in [0.4, 0.5) is 0 Å². The smallest absolute Gasteiger partial charge is 0.222 e. The number of hydrogen-bond donors (Lipinski definition) is 2. The second kappa shape index (κ2) is 7.87. The molecule has 0 bridgehead atoms. The van der Waals surface area contributed by atoms with Crippen molar-refractivity contribution in [1.82, 2.24) is 19.9 Å². The molecule has 0 aliphatic carbocycles. The van der Waals surface area contributed by atoms with Crippen LogP contribution >= 0.6 is 0 Å². The maximum Gasteiger partial charge on any atom is 0.222 e. The van der Waals surface area contributed by atoms with Crippen molar-refractivity contribution in [2.45, 2.75) is 19.0 Å². The molecule has 1 amide bonds. The molecule has 0 fully saturated rings. The van der Waals surface area contributed by atoms with E-state index >= 15 is 0 Å². The lowest BCUT2D eigenvalue weighted by atomic mass is 10.1. The number of H-pyrrole nitrogens is 1. The Labute approximate surface area is 174 Å². The van der Waals surface area contributed by atoms with Gasteiger partial charge in [-0.1, -0.05) is 60.7 Å². The van der Waals surface area contributed by atoms with Crippen LogP contribution in [-0.4, -0.2) is 20.4 Å². The Balaban J connectivity index is 1.37. The Morgan fingerprint density at radius 1 is 0.933 bits per heavy atom. The third-order valence-electron chi connectivity index (χ3n) is 5.38. The molecule has 5 heteroatoms. The number of aromatic amines is 1. The summed E-state index contributed by atoms with van der Waals surface area (Å²) in [5.41, 5.74) is 3.99. The fourth-order valence-corrected chi connectivity index (χ4v) is 3.86. The summed E-state index contributed by atoms with van der Waals surface area (Å²) in [5, 5.41) is 4.36. The molecule has 1 unspecified atom stereocenters. The molecule has 5 aromatic rings. The van der Waals surface area contributed by atoms with Gasteiger partial charge in [0.05, 0.1) is 11.0 Å². The van der Waals surface area contributed by atoms with Crippen molar-refractivity contribution in [3.05, 3.63) is 103 Å². The highest BCUT2D eigenvalue weighted by Crippen LogP contribution is 2.23. The van der Waals surface area contributed by atoms with Gasteiger partial charge in [0.25, 0.3) is 0 Å². The maximum absolute atomic E-state index is 12.9. The standard InChI is InChI=1S/C25H22N4O/c30-23(15-17-29-16-14-18-8-4-7-13-22(18)29)28-24(19-9-2-1-3-10-19)25-26-20-11-5-6-12-21(20)27-25/h1-14,16,24H,15,17H2,(H,26,27)(H,28,30). The van der Waals surface area contributed by atoms with Crippen LogP contribution in [0.5, 0.6) is 0 Å². The van der Waals surface area contributed by atoms with Crippen molar-refractivity contribution in [2.24, 2.45) is 0 Å². The van der Waals surface area contributed by atoms with Crippen LogP contribution in [0.25, 0.3) is 21.9 Å². The van der Waals surface area contributed by atoms with E-state index in [1.54, 1.807) is 0 Å². The third kappa shape index (κ3) is 3.57. The number of rotatable bonds is 6. The Hall–Kier alpha value is -3.86. The van der Waals surface area contributed by atoms with Crippen molar-refractivity contribution >= 4 is 27.8 Å². The Morgan fingerprint density at radius 2 is 1.70 bits per heavy atom. The molecule has 5 rings (SSSR count). The van der Waals surface area contributed by atoms with Gasteiger partial charge in [0.1, 0.15) is 11.9 Å². The minimum atomic E-state index is -0.326. The summed E-state index contributed by atoms with van der Waals surface area (Å²) in [6.07, 6.45) is 2.42. The molecular formula is C25H22N4O. The van der Waals surface area contributed by atoms with Crippen molar-refractivity contribution in [2.75, 3.05) is 0 Å². The molecule has 1 atom stereocenters. The topological polar surface area (TPSA) is 62.7 Å². The average molecular weight is 394 g/mol. The number of fused-ring (bicyclic) bond motifs is 2. The van der Waals surface area contributed by atoms with Crippen LogP contribution in [0, 0.1) is 0 Å². The number of carbonyl (C=O) groups is 1. The van der Waals surface area contributed by atoms with E-state index in [9.17, 15) is 4.79 Å². The van der Waals surface area contributed by atoms with E-state index in [4.69, 9.17) is 4.98 Å². The zero-order valence-electron chi connectivity index (χ0n) is 16.5. The van der Waals surface area contributed by atoms with Gasteiger partial charge in [-0.05, 0) is 35.2 Å². The molecule has 0 aliphatic heterocycles. The zero-order chi connectivity index (χ0) is 20.3. The number of carbonyl (C=O) groups excluding carboxylic acids is 1. The van der Waals surface area contributed by atoms with E-state index in [0.29, 0.717) is 13.0 Å². The largest absolute Gasteiger partial charge is 0.347 e. The van der Waals surface area contributed by atoms with Crippen molar-refractivity contribution in [1.29, 1.82) is 0 Å². The number of nitrogens with zero attached hydrogens (tertiary/aromatic N) is 2. The first-order chi connectivity index (χ1) is 14.8. The van der Waals surface area contributed by atoms with E-state index in [2.05, 4.69) is 33.1 Å². The van der Waals surface area contributed by atoms with Crippen LogP contribution in [0.3, 0.4) is 0 Å². The van der Waals surface area contributed by atoms with Gasteiger partial charge in [0.15, 0.2) is 0 Å². The predicted octanol–water partition coefficient (Wildman–Crippen LogP) is 4.81. The second-order valence-electron chi connectivity index (χ2n) is 7.37. The minimum Gasteiger partial charge on any atom is -0.347 e. The first kappa shape index (κ1) is 18.2. The summed E-state index contributed by atoms with van der Waals surface area (Å²) in [7, 11) is 0. The molecule has 2 heterocycles. The monoisotopic (exact) mass is 394 g/mol. The molecule has 5 nitrogen and oxygen atoms in total. The fourth-order valence-electron chi connectivity index (χ4n) is 3.86. The third-order valence-corrected chi connectivity index (χ3v) is 5.38. The van der Waals surface area contributed by atoms with Crippen molar-refractivity contribution in [3.8, 4) is 0 Å². The maximum atomic E-state index is 12.9.